The van der Waals surface area contributed by atoms with Gasteiger partial charge in [-0.3, -0.25) is 5.10 Å². The Morgan fingerprint density at radius 3 is 2.40 bits per heavy atom. The Kier molecular flexibility index (Phi) is 4.54. The van der Waals surface area contributed by atoms with Gasteiger partial charge in [0, 0.05) is 5.56 Å². The molecule has 0 spiro atoms. The van der Waals surface area contributed by atoms with E-state index in [-0.39, 0.29) is 17.3 Å². The quantitative estimate of drug-likeness (QED) is 0.627. The molecule has 3 N–H and O–H groups in total. The van der Waals surface area contributed by atoms with E-state index in [4.69, 9.17) is 10.5 Å². The second-order valence-corrected chi connectivity index (χ2v) is 7.16. The Balaban J connectivity index is 1.90. The normalized spacial score (nSPS) is 16.1. The van der Waals surface area contributed by atoms with Crippen LogP contribution in [0.5, 0.6) is 5.88 Å². The van der Waals surface area contributed by atoms with Gasteiger partial charge in [-0.1, -0.05) is 24.3 Å². The number of nitriles is 1. The van der Waals surface area contributed by atoms with Crippen molar-refractivity contribution >= 4 is 0 Å². The summed E-state index contributed by atoms with van der Waals surface area (Å²) in [6.45, 7) is 3.97. The van der Waals surface area contributed by atoms with Gasteiger partial charge < -0.3 is 10.5 Å². The van der Waals surface area contributed by atoms with Gasteiger partial charge in [-0.05, 0) is 48.7 Å². The minimum absolute atomic E-state index is 0.118. The minimum Gasteiger partial charge on any atom is -0.420 e. The summed E-state index contributed by atoms with van der Waals surface area (Å²) in [5.41, 5.74) is 9.95. The fraction of sp³-hybridized carbons (Fsp3) is 0.182. The highest BCUT2D eigenvalue weighted by Gasteiger charge is 2.36. The van der Waals surface area contributed by atoms with E-state index in [1.165, 1.54) is 12.1 Å². The molecule has 1 aromatic heterocycles. The second kappa shape index (κ2) is 6.95. The number of nitrogens with one attached hydrogen (secondary N) is 1. The maximum Gasteiger partial charge on any atom is 0.416 e. The molecule has 0 aliphatic carbocycles. The van der Waals surface area contributed by atoms with Crippen molar-refractivity contribution in [3.8, 4) is 23.2 Å². The fourth-order valence-electron chi connectivity index (χ4n) is 3.56. The molecule has 1 atom stereocenters. The van der Waals surface area contributed by atoms with Crippen molar-refractivity contribution in [2.45, 2.75) is 25.9 Å². The van der Waals surface area contributed by atoms with E-state index in [1.54, 1.807) is 0 Å². The number of halogens is 3. The van der Waals surface area contributed by atoms with Crippen molar-refractivity contribution < 1.29 is 17.9 Å². The SMILES string of the molecule is Cc1ccc(-c2[nH]nc3c2[C@H](c2ccc(C(F)(F)F)cc2)C(C#N)=C(N)O3)cc1C. The van der Waals surface area contributed by atoms with Crippen molar-refractivity contribution in [2.24, 2.45) is 5.73 Å². The van der Waals surface area contributed by atoms with Gasteiger partial charge in [-0.25, -0.2) is 0 Å². The van der Waals surface area contributed by atoms with Crippen LogP contribution in [0.2, 0.25) is 0 Å². The first-order chi connectivity index (χ1) is 14.2. The van der Waals surface area contributed by atoms with Crippen LogP contribution < -0.4 is 10.5 Å². The van der Waals surface area contributed by atoms with Crippen LogP contribution >= 0.6 is 0 Å². The molecule has 2 heterocycles. The predicted octanol–water partition coefficient (Wildman–Crippen LogP) is 4.93. The lowest BCUT2D eigenvalue weighted by molar-refractivity contribution is -0.137. The second-order valence-electron chi connectivity index (χ2n) is 7.16. The Labute approximate surface area is 170 Å². The molecule has 1 aliphatic rings. The van der Waals surface area contributed by atoms with E-state index < -0.39 is 17.7 Å². The lowest BCUT2D eigenvalue weighted by atomic mass is 9.82. The maximum absolute atomic E-state index is 13.0. The van der Waals surface area contributed by atoms with Crippen LogP contribution in [-0.4, -0.2) is 10.2 Å². The number of nitrogens with two attached hydrogens (primary N) is 1. The number of H-pyrrole nitrogens is 1. The number of hydrogen-bond donors (Lipinski definition) is 2. The monoisotopic (exact) mass is 410 g/mol. The summed E-state index contributed by atoms with van der Waals surface area (Å²) in [7, 11) is 0. The Bertz CT molecular complexity index is 1200. The highest BCUT2D eigenvalue weighted by molar-refractivity contribution is 5.71. The number of hydrogen-bond acceptors (Lipinski definition) is 4. The van der Waals surface area contributed by atoms with E-state index >= 15 is 0 Å². The van der Waals surface area contributed by atoms with Gasteiger partial charge in [0.1, 0.15) is 11.6 Å². The molecule has 0 saturated heterocycles. The molecule has 0 radical (unpaired) electrons. The van der Waals surface area contributed by atoms with E-state index in [9.17, 15) is 18.4 Å². The maximum atomic E-state index is 13.0. The number of rotatable bonds is 2. The van der Waals surface area contributed by atoms with Crippen molar-refractivity contribution in [3.05, 3.63) is 81.7 Å². The van der Waals surface area contributed by atoms with Crippen LogP contribution in [0.15, 0.2) is 53.9 Å². The van der Waals surface area contributed by atoms with E-state index in [2.05, 4.69) is 10.2 Å². The topological polar surface area (TPSA) is 87.7 Å². The molecule has 0 bridgehead atoms. The molecule has 0 fully saturated rings. The number of allylic oxidation sites excluding steroid dienone is 1. The van der Waals surface area contributed by atoms with Crippen molar-refractivity contribution in [3.63, 3.8) is 0 Å². The number of nitrogens with zero attached hydrogens (tertiary/aromatic N) is 2. The summed E-state index contributed by atoms with van der Waals surface area (Å²) in [6, 6.07) is 12.6. The van der Waals surface area contributed by atoms with Gasteiger partial charge >= 0.3 is 6.18 Å². The van der Waals surface area contributed by atoms with E-state index in [1.807, 2.05) is 38.1 Å². The summed E-state index contributed by atoms with van der Waals surface area (Å²) in [5.74, 6) is -0.631. The fourth-order valence-corrected chi connectivity index (χ4v) is 3.56. The number of benzene rings is 2. The predicted molar refractivity (Wildman–Crippen MR) is 104 cm³/mol. The Morgan fingerprint density at radius 2 is 1.80 bits per heavy atom. The molecule has 3 aromatic rings. The Hall–Kier alpha value is -3.73. The Morgan fingerprint density at radius 1 is 1.10 bits per heavy atom. The molecule has 0 amide bonds. The molecule has 0 unspecified atom stereocenters. The van der Waals surface area contributed by atoms with Gasteiger partial charge in [0.15, 0.2) is 0 Å². The molecular formula is C22H17F3N4O. The van der Waals surface area contributed by atoms with Crippen molar-refractivity contribution in [2.75, 3.05) is 0 Å². The van der Waals surface area contributed by atoms with Crippen molar-refractivity contribution in [1.29, 1.82) is 5.26 Å². The van der Waals surface area contributed by atoms with Gasteiger partial charge in [0.2, 0.25) is 11.8 Å². The molecule has 30 heavy (non-hydrogen) atoms. The summed E-state index contributed by atoms with van der Waals surface area (Å²) in [4.78, 5) is 0. The highest BCUT2D eigenvalue weighted by Crippen LogP contribution is 2.46. The van der Waals surface area contributed by atoms with Crippen LogP contribution in [0.4, 0.5) is 13.2 Å². The molecule has 1 aliphatic heterocycles. The molecule has 0 saturated carbocycles. The summed E-state index contributed by atoms with van der Waals surface area (Å²) in [6.07, 6.45) is -4.45. The first-order valence-corrected chi connectivity index (χ1v) is 9.11. The number of fused-ring (bicyclic) bond motifs is 1. The minimum atomic E-state index is -4.45. The van der Waals surface area contributed by atoms with E-state index in [0.29, 0.717) is 16.8 Å². The zero-order chi connectivity index (χ0) is 21.6. The molecule has 5 nitrogen and oxygen atoms in total. The molecular weight excluding hydrogens is 393 g/mol. The number of aryl methyl sites for hydroxylation is 2. The number of ether oxygens (including phenoxy) is 1. The standard InChI is InChI=1S/C22H17F3N4O/c1-11-3-4-14(9-12(11)2)19-18-17(13-5-7-15(8-6-13)22(23,24)25)16(10-26)20(27)30-21(18)29-28-19/h3-9,17H,27H2,1-2H3,(H,28,29)/t17-/m1/s1. The van der Waals surface area contributed by atoms with Gasteiger partial charge in [-0.15, -0.1) is 5.10 Å². The third kappa shape index (κ3) is 3.18. The zero-order valence-corrected chi connectivity index (χ0v) is 16.1. The average Bonchev–Trinajstić information content (AvgIpc) is 3.11. The van der Waals surface area contributed by atoms with Crippen LogP contribution in [0.25, 0.3) is 11.3 Å². The van der Waals surface area contributed by atoms with Crippen LogP contribution in [-0.2, 0) is 6.18 Å². The number of alkyl halides is 3. The number of aromatic amines is 1. The van der Waals surface area contributed by atoms with Crippen LogP contribution in [0.3, 0.4) is 0 Å². The van der Waals surface area contributed by atoms with Crippen LogP contribution in [0, 0.1) is 25.2 Å². The van der Waals surface area contributed by atoms with Crippen molar-refractivity contribution in [1.82, 2.24) is 10.2 Å². The first-order valence-electron chi connectivity index (χ1n) is 9.11. The lowest BCUT2D eigenvalue weighted by Crippen LogP contribution is -2.21. The smallest absolute Gasteiger partial charge is 0.416 e. The van der Waals surface area contributed by atoms with Crippen LogP contribution in [0.1, 0.15) is 33.7 Å². The molecule has 2 aromatic carbocycles. The molecule has 4 rings (SSSR count). The highest BCUT2D eigenvalue weighted by atomic mass is 19.4. The first kappa shape index (κ1) is 19.6. The average molecular weight is 410 g/mol. The largest absolute Gasteiger partial charge is 0.420 e. The summed E-state index contributed by atoms with van der Waals surface area (Å²) in [5, 5.41) is 16.8. The third-order valence-electron chi connectivity index (χ3n) is 5.31. The molecule has 152 valence electrons. The lowest BCUT2D eigenvalue weighted by Gasteiger charge is -2.24. The third-order valence-corrected chi connectivity index (χ3v) is 5.31. The van der Waals surface area contributed by atoms with Gasteiger partial charge in [0.05, 0.1) is 22.7 Å². The van der Waals surface area contributed by atoms with E-state index in [0.717, 1.165) is 28.8 Å². The number of aromatic nitrogens is 2. The zero-order valence-electron chi connectivity index (χ0n) is 16.1. The van der Waals surface area contributed by atoms with Gasteiger partial charge in [0.25, 0.3) is 0 Å². The summed E-state index contributed by atoms with van der Waals surface area (Å²) < 4.78 is 44.5. The summed E-state index contributed by atoms with van der Waals surface area (Å²) >= 11 is 0. The molecule has 8 heteroatoms. The van der Waals surface area contributed by atoms with Gasteiger partial charge in [-0.2, -0.15) is 18.4 Å².